The van der Waals surface area contributed by atoms with Crippen LogP contribution in [0.1, 0.15) is 24.0 Å². The molecule has 0 radical (unpaired) electrons. The third-order valence-corrected chi connectivity index (χ3v) is 6.63. The van der Waals surface area contributed by atoms with Crippen LogP contribution in [-0.4, -0.2) is 22.8 Å². The molecule has 0 spiro atoms. The lowest BCUT2D eigenvalue weighted by Crippen LogP contribution is -2.48. The second-order valence-corrected chi connectivity index (χ2v) is 9.55. The van der Waals surface area contributed by atoms with Crippen molar-refractivity contribution in [2.75, 3.05) is 5.32 Å². The maximum atomic E-state index is 13.4. The van der Waals surface area contributed by atoms with Crippen molar-refractivity contribution in [2.45, 2.75) is 30.7 Å². The van der Waals surface area contributed by atoms with Crippen LogP contribution in [0.4, 0.5) is 5.69 Å². The molecule has 1 aromatic heterocycles. The molecule has 0 aliphatic heterocycles. The van der Waals surface area contributed by atoms with Crippen LogP contribution in [0.3, 0.4) is 0 Å². The van der Waals surface area contributed by atoms with E-state index in [1.54, 1.807) is 42.7 Å². The summed E-state index contributed by atoms with van der Waals surface area (Å²) in [5.41, 5.74) is 1.54. The van der Waals surface area contributed by atoms with E-state index in [9.17, 15) is 9.59 Å². The van der Waals surface area contributed by atoms with E-state index in [4.69, 9.17) is 23.2 Å². The zero-order valence-electron chi connectivity index (χ0n) is 16.9. The molecular formula is C24H20BrCl2N3O2. The van der Waals surface area contributed by atoms with Crippen molar-refractivity contribution in [3.05, 3.63) is 92.6 Å². The maximum absolute atomic E-state index is 13.4. The number of hydrogen-bond donors (Lipinski definition) is 2. The lowest BCUT2D eigenvalue weighted by Gasteiger charge is -2.23. The van der Waals surface area contributed by atoms with Gasteiger partial charge in [-0.25, -0.2) is 0 Å². The Morgan fingerprint density at radius 2 is 1.72 bits per heavy atom. The van der Waals surface area contributed by atoms with Gasteiger partial charge in [0.05, 0.1) is 5.41 Å². The first-order chi connectivity index (χ1) is 15.4. The van der Waals surface area contributed by atoms with Gasteiger partial charge in [0.25, 0.3) is 0 Å². The van der Waals surface area contributed by atoms with Crippen molar-refractivity contribution in [1.82, 2.24) is 10.3 Å². The van der Waals surface area contributed by atoms with E-state index in [-0.39, 0.29) is 11.8 Å². The molecule has 2 N–H and O–H groups in total. The molecule has 0 saturated heterocycles. The van der Waals surface area contributed by atoms with Crippen LogP contribution in [-0.2, 0) is 21.4 Å². The fourth-order valence-electron chi connectivity index (χ4n) is 3.65. The number of carbonyl (C=O) groups excluding carboxylic acids is 2. The number of aromatic nitrogens is 1. The molecular weight excluding hydrogens is 513 g/mol. The molecule has 2 amide bonds. The predicted octanol–water partition coefficient (Wildman–Crippen LogP) is 5.55. The van der Waals surface area contributed by atoms with Gasteiger partial charge < -0.3 is 10.6 Å². The smallest absolute Gasteiger partial charge is 0.247 e. The predicted molar refractivity (Wildman–Crippen MR) is 130 cm³/mol. The molecule has 32 heavy (non-hydrogen) atoms. The molecule has 1 fully saturated rings. The number of carbonyl (C=O) groups is 2. The number of nitrogens with one attached hydrogen (secondary N) is 2. The summed E-state index contributed by atoms with van der Waals surface area (Å²) in [7, 11) is 0. The molecule has 0 bridgehead atoms. The summed E-state index contributed by atoms with van der Waals surface area (Å²) in [6.07, 6.45) is 4.87. The van der Waals surface area contributed by atoms with Crippen LogP contribution >= 0.6 is 39.1 Å². The van der Waals surface area contributed by atoms with Crippen LogP contribution in [0, 0.1) is 0 Å². The van der Waals surface area contributed by atoms with Crippen molar-refractivity contribution in [2.24, 2.45) is 0 Å². The number of pyridine rings is 1. The zero-order chi connectivity index (χ0) is 22.7. The quantitative estimate of drug-likeness (QED) is 0.419. The third kappa shape index (κ3) is 5.14. The van der Waals surface area contributed by atoms with Crippen molar-refractivity contribution in [3.8, 4) is 0 Å². The first-order valence-corrected chi connectivity index (χ1v) is 11.6. The Hall–Kier alpha value is -2.41. The summed E-state index contributed by atoms with van der Waals surface area (Å²) in [6, 6.07) is 15.5. The summed E-state index contributed by atoms with van der Waals surface area (Å²) in [5, 5.41) is 6.80. The van der Waals surface area contributed by atoms with Gasteiger partial charge in [0, 0.05) is 39.0 Å². The monoisotopic (exact) mass is 531 g/mol. The van der Waals surface area contributed by atoms with E-state index >= 15 is 0 Å². The second-order valence-electron chi connectivity index (χ2n) is 7.79. The Labute approximate surface area is 204 Å². The van der Waals surface area contributed by atoms with Crippen LogP contribution in [0.2, 0.25) is 10.0 Å². The molecule has 0 unspecified atom stereocenters. The van der Waals surface area contributed by atoms with Crippen molar-refractivity contribution in [3.63, 3.8) is 0 Å². The fourth-order valence-corrected chi connectivity index (χ4v) is 4.50. The Morgan fingerprint density at radius 3 is 2.34 bits per heavy atom. The number of anilines is 1. The van der Waals surface area contributed by atoms with Crippen LogP contribution < -0.4 is 10.6 Å². The maximum Gasteiger partial charge on any atom is 0.247 e. The Morgan fingerprint density at radius 1 is 1.03 bits per heavy atom. The second kappa shape index (κ2) is 9.61. The van der Waals surface area contributed by atoms with Crippen LogP contribution in [0.15, 0.2) is 71.5 Å². The number of halogens is 3. The molecule has 164 valence electrons. The van der Waals surface area contributed by atoms with Crippen molar-refractivity contribution < 1.29 is 9.59 Å². The molecule has 8 heteroatoms. The third-order valence-electron chi connectivity index (χ3n) is 5.55. The first-order valence-electron chi connectivity index (χ1n) is 10.1. The van der Waals surface area contributed by atoms with Crippen molar-refractivity contribution >= 4 is 56.6 Å². The summed E-state index contributed by atoms with van der Waals surface area (Å²) in [6.45, 7) is 0. The van der Waals surface area contributed by atoms with Crippen LogP contribution in [0.5, 0.6) is 0 Å². The topological polar surface area (TPSA) is 71.1 Å². The Kier molecular flexibility index (Phi) is 6.84. The SMILES string of the molecule is O=C(Nc1ccncc1)[C@H](Cc1ccc(Br)cc1)NC(=O)C1(c2ccc(Cl)cc2Cl)CC1. The van der Waals surface area contributed by atoms with Gasteiger partial charge in [0.15, 0.2) is 0 Å². The van der Waals surface area contributed by atoms with Gasteiger partial charge in [0.1, 0.15) is 6.04 Å². The Bertz CT molecular complexity index is 1140. The molecule has 2 aromatic carbocycles. The summed E-state index contributed by atoms with van der Waals surface area (Å²) in [5.74, 6) is -0.515. The molecule has 1 aliphatic rings. The fraction of sp³-hybridized carbons (Fsp3) is 0.208. The van der Waals surface area contributed by atoms with Gasteiger partial charge in [-0.15, -0.1) is 0 Å². The molecule has 1 aliphatic carbocycles. The lowest BCUT2D eigenvalue weighted by atomic mass is 9.94. The molecule has 1 heterocycles. The average molecular weight is 533 g/mol. The highest BCUT2D eigenvalue weighted by molar-refractivity contribution is 9.10. The van der Waals surface area contributed by atoms with Gasteiger partial charge in [-0.05, 0) is 60.4 Å². The minimum Gasteiger partial charge on any atom is -0.343 e. The number of amides is 2. The van der Waals surface area contributed by atoms with Gasteiger partial charge in [-0.2, -0.15) is 0 Å². The summed E-state index contributed by atoms with van der Waals surface area (Å²) >= 11 is 15.8. The highest BCUT2D eigenvalue weighted by Gasteiger charge is 2.53. The average Bonchev–Trinajstić information content (AvgIpc) is 3.57. The number of benzene rings is 2. The standard InChI is InChI=1S/C24H20BrCl2N3O2/c25-16-3-1-15(2-4-16)13-21(22(31)29-18-7-11-28-12-8-18)30-23(32)24(9-10-24)19-6-5-17(26)14-20(19)27/h1-8,11-12,14,21H,9-10,13H2,(H,30,32)(H,28,29,31)/t21-/m0/s1. The van der Waals surface area contributed by atoms with Crippen molar-refractivity contribution in [1.29, 1.82) is 0 Å². The zero-order valence-corrected chi connectivity index (χ0v) is 20.0. The summed E-state index contributed by atoms with van der Waals surface area (Å²) < 4.78 is 0.942. The van der Waals surface area contributed by atoms with Gasteiger partial charge in [-0.1, -0.05) is 57.3 Å². The van der Waals surface area contributed by atoms with E-state index in [2.05, 4.69) is 31.5 Å². The van der Waals surface area contributed by atoms with Gasteiger partial charge in [0.2, 0.25) is 11.8 Å². The molecule has 1 saturated carbocycles. The number of hydrogen-bond acceptors (Lipinski definition) is 3. The highest BCUT2D eigenvalue weighted by atomic mass is 79.9. The van der Waals surface area contributed by atoms with E-state index < -0.39 is 11.5 Å². The van der Waals surface area contributed by atoms with Gasteiger partial charge in [-0.3, -0.25) is 14.6 Å². The molecule has 5 nitrogen and oxygen atoms in total. The highest BCUT2D eigenvalue weighted by Crippen LogP contribution is 2.51. The van der Waals surface area contributed by atoms with Crippen LogP contribution in [0.25, 0.3) is 0 Å². The summed E-state index contributed by atoms with van der Waals surface area (Å²) in [4.78, 5) is 30.5. The Balaban J connectivity index is 1.57. The van der Waals surface area contributed by atoms with E-state index in [1.165, 1.54) is 0 Å². The lowest BCUT2D eigenvalue weighted by molar-refractivity contribution is -0.128. The normalized spacial score (nSPS) is 15.0. The molecule has 4 rings (SSSR count). The van der Waals surface area contributed by atoms with Gasteiger partial charge >= 0.3 is 0 Å². The number of rotatable bonds is 7. The minimum absolute atomic E-state index is 0.214. The van der Waals surface area contributed by atoms with E-state index in [0.717, 1.165) is 15.6 Å². The van der Waals surface area contributed by atoms with E-state index in [1.807, 2.05) is 24.3 Å². The largest absolute Gasteiger partial charge is 0.343 e. The minimum atomic E-state index is -0.764. The molecule has 1 atom stereocenters. The molecule has 3 aromatic rings. The van der Waals surface area contributed by atoms with E-state index in [0.29, 0.717) is 35.0 Å². The first kappa shape index (κ1) is 22.8. The number of nitrogens with zero attached hydrogens (tertiary/aromatic N) is 1.